The van der Waals surface area contributed by atoms with Crippen molar-refractivity contribution in [1.82, 2.24) is 9.21 Å². The number of nitrogens with one attached hydrogen (secondary N) is 1. The van der Waals surface area contributed by atoms with Crippen LogP contribution in [0.2, 0.25) is 0 Å². The molecule has 0 aromatic heterocycles. The van der Waals surface area contributed by atoms with E-state index in [1.807, 2.05) is 7.05 Å². The van der Waals surface area contributed by atoms with Gasteiger partial charge in [0.2, 0.25) is 10.0 Å². The molecule has 1 saturated heterocycles. The van der Waals surface area contributed by atoms with Crippen molar-refractivity contribution >= 4 is 27.3 Å². The lowest BCUT2D eigenvalue weighted by atomic mass is 10.1. The molecule has 10 heteroatoms. The van der Waals surface area contributed by atoms with Crippen LogP contribution >= 0.6 is 0 Å². The zero-order valence-corrected chi connectivity index (χ0v) is 17.9. The summed E-state index contributed by atoms with van der Waals surface area (Å²) in [6.07, 6.45) is 0. The maximum Gasteiger partial charge on any atom is 0.274 e. The minimum Gasteiger partial charge on any atom is -0.321 e. The summed E-state index contributed by atoms with van der Waals surface area (Å²) in [4.78, 5) is 25.5. The molecule has 0 saturated carbocycles. The zero-order valence-electron chi connectivity index (χ0n) is 17.1. The molecule has 1 aliphatic rings. The first kappa shape index (κ1) is 21.9. The third-order valence-electron chi connectivity index (χ3n) is 5.28. The normalized spacial score (nSPS) is 15.7. The first-order valence-corrected chi connectivity index (χ1v) is 10.9. The summed E-state index contributed by atoms with van der Waals surface area (Å²) in [5.41, 5.74) is 1.25. The number of hydrogen-bond donors (Lipinski definition) is 1. The molecule has 0 atom stereocenters. The van der Waals surface area contributed by atoms with E-state index in [2.05, 4.69) is 10.2 Å². The average molecular weight is 433 g/mol. The largest absolute Gasteiger partial charge is 0.321 e. The number of anilines is 1. The number of aryl methyl sites for hydroxylation is 1. The molecule has 160 valence electrons. The molecule has 0 unspecified atom stereocenters. The van der Waals surface area contributed by atoms with Crippen molar-refractivity contribution in [3.05, 3.63) is 63.2 Å². The van der Waals surface area contributed by atoms with E-state index in [4.69, 9.17) is 0 Å². The molecule has 30 heavy (non-hydrogen) atoms. The van der Waals surface area contributed by atoms with Crippen LogP contribution in [0.3, 0.4) is 0 Å². The number of likely N-dealkylation sites (N-methyl/N-ethyl adjacent to an activating group) is 1. The van der Waals surface area contributed by atoms with Gasteiger partial charge in [-0.15, -0.1) is 0 Å². The van der Waals surface area contributed by atoms with Crippen molar-refractivity contribution in [2.45, 2.75) is 18.7 Å². The van der Waals surface area contributed by atoms with Crippen LogP contribution in [-0.4, -0.2) is 61.7 Å². The van der Waals surface area contributed by atoms with Gasteiger partial charge in [0.25, 0.3) is 11.6 Å². The lowest BCUT2D eigenvalue weighted by molar-refractivity contribution is -0.385. The van der Waals surface area contributed by atoms with Crippen LogP contribution in [0, 0.1) is 24.0 Å². The van der Waals surface area contributed by atoms with E-state index in [0.29, 0.717) is 43.0 Å². The van der Waals surface area contributed by atoms with Crippen molar-refractivity contribution in [3.63, 3.8) is 0 Å². The van der Waals surface area contributed by atoms with E-state index >= 15 is 0 Å². The van der Waals surface area contributed by atoms with Crippen LogP contribution in [0.1, 0.15) is 21.5 Å². The van der Waals surface area contributed by atoms with Crippen molar-refractivity contribution in [2.24, 2.45) is 0 Å². The van der Waals surface area contributed by atoms with Crippen LogP contribution < -0.4 is 5.32 Å². The first-order valence-electron chi connectivity index (χ1n) is 9.46. The monoisotopic (exact) mass is 432 g/mol. The second-order valence-corrected chi connectivity index (χ2v) is 9.25. The Balaban J connectivity index is 1.89. The maximum absolute atomic E-state index is 13.1. The van der Waals surface area contributed by atoms with Gasteiger partial charge >= 0.3 is 0 Å². The molecule has 1 N–H and O–H groups in total. The van der Waals surface area contributed by atoms with E-state index < -0.39 is 20.9 Å². The van der Waals surface area contributed by atoms with E-state index in [1.54, 1.807) is 32.0 Å². The Hall–Kier alpha value is -2.82. The van der Waals surface area contributed by atoms with Crippen LogP contribution in [0.4, 0.5) is 11.4 Å². The number of amides is 1. The first-order chi connectivity index (χ1) is 14.1. The SMILES string of the molecule is Cc1ccc(C(=O)Nc2cccc([N+](=O)[O-])c2C)cc1S(=O)(=O)N1CCN(C)CC1. The summed E-state index contributed by atoms with van der Waals surface area (Å²) < 4.78 is 27.7. The number of piperazine rings is 1. The number of hydrogen-bond acceptors (Lipinski definition) is 6. The Morgan fingerprint density at radius 3 is 2.40 bits per heavy atom. The smallest absolute Gasteiger partial charge is 0.274 e. The predicted octanol–water partition coefficient (Wildman–Crippen LogP) is 2.40. The lowest BCUT2D eigenvalue weighted by Gasteiger charge is -2.32. The van der Waals surface area contributed by atoms with Crippen molar-refractivity contribution < 1.29 is 18.1 Å². The fourth-order valence-electron chi connectivity index (χ4n) is 3.34. The van der Waals surface area contributed by atoms with Gasteiger partial charge in [-0.25, -0.2) is 8.42 Å². The number of carbonyl (C=O) groups excluding carboxylic acids is 1. The van der Waals surface area contributed by atoms with Gasteiger partial charge in [-0.1, -0.05) is 12.1 Å². The Morgan fingerprint density at radius 1 is 1.10 bits per heavy atom. The number of sulfonamides is 1. The second kappa shape index (κ2) is 8.50. The molecule has 0 spiro atoms. The number of nitro benzene ring substituents is 1. The summed E-state index contributed by atoms with van der Waals surface area (Å²) >= 11 is 0. The van der Waals surface area contributed by atoms with Crippen LogP contribution in [-0.2, 0) is 10.0 Å². The Morgan fingerprint density at radius 2 is 1.77 bits per heavy atom. The third kappa shape index (κ3) is 4.35. The number of nitrogens with zero attached hydrogens (tertiary/aromatic N) is 3. The van der Waals surface area contributed by atoms with E-state index in [9.17, 15) is 23.3 Å². The predicted molar refractivity (Wildman–Crippen MR) is 113 cm³/mol. The highest BCUT2D eigenvalue weighted by Crippen LogP contribution is 2.27. The van der Waals surface area contributed by atoms with Gasteiger partial charge in [0.15, 0.2) is 0 Å². The molecule has 0 radical (unpaired) electrons. The number of benzene rings is 2. The van der Waals surface area contributed by atoms with Gasteiger partial charge in [0.1, 0.15) is 0 Å². The number of nitro groups is 1. The summed E-state index contributed by atoms with van der Waals surface area (Å²) in [5.74, 6) is -0.534. The maximum atomic E-state index is 13.1. The van der Waals surface area contributed by atoms with Crippen molar-refractivity contribution in [2.75, 3.05) is 38.5 Å². The minimum atomic E-state index is -3.73. The van der Waals surface area contributed by atoms with Crippen LogP contribution in [0.25, 0.3) is 0 Å². The summed E-state index contributed by atoms with van der Waals surface area (Å²) in [6.45, 7) is 5.31. The topological polar surface area (TPSA) is 113 Å². The van der Waals surface area contributed by atoms with Gasteiger partial charge in [0, 0.05) is 37.8 Å². The van der Waals surface area contributed by atoms with Gasteiger partial charge in [0.05, 0.1) is 21.1 Å². The molecular weight excluding hydrogens is 408 g/mol. The van der Waals surface area contributed by atoms with E-state index in [-0.39, 0.29) is 16.1 Å². The Kier molecular flexibility index (Phi) is 6.20. The standard InChI is InChI=1S/C20H24N4O5S/c1-14-7-8-16(13-19(14)30(28,29)23-11-9-22(3)10-12-23)20(25)21-17-5-4-6-18(15(17)2)24(26)27/h4-8,13H,9-12H2,1-3H3,(H,21,25). The molecule has 1 heterocycles. The summed E-state index contributed by atoms with van der Waals surface area (Å²) in [6, 6.07) is 8.91. The minimum absolute atomic E-state index is 0.0930. The van der Waals surface area contributed by atoms with Crippen LogP contribution in [0.5, 0.6) is 0 Å². The average Bonchev–Trinajstić information content (AvgIpc) is 2.69. The molecular formula is C20H24N4O5S. The fraction of sp³-hybridized carbons (Fsp3) is 0.350. The number of rotatable bonds is 5. The van der Waals surface area contributed by atoms with E-state index in [1.165, 1.54) is 22.5 Å². The fourth-order valence-corrected chi connectivity index (χ4v) is 5.01. The Bertz CT molecular complexity index is 1090. The Labute approximate surface area is 175 Å². The highest BCUT2D eigenvalue weighted by atomic mass is 32.2. The lowest BCUT2D eigenvalue weighted by Crippen LogP contribution is -2.47. The molecule has 0 aliphatic carbocycles. The molecule has 2 aromatic carbocycles. The van der Waals surface area contributed by atoms with Gasteiger partial charge < -0.3 is 10.2 Å². The molecule has 3 rings (SSSR count). The highest BCUT2D eigenvalue weighted by Gasteiger charge is 2.29. The van der Waals surface area contributed by atoms with E-state index in [0.717, 1.165) is 0 Å². The third-order valence-corrected chi connectivity index (χ3v) is 7.32. The molecule has 9 nitrogen and oxygen atoms in total. The number of carbonyl (C=O) groups is 1. The van der Waals surface area contributed by atoms with Gasteiger partial charge in [-0.05, 0) is 44.7 Å². The molecule has 1 aliphatic heterocycles. The van der Waals surface area contributed by atoms with Crippen molar-refractivity contribution in [1.29, 1.82) is 0 Å². The van der Waals surface area contributed by atoms with Crippen LogP contribution in [0.15, 0.2) is 41.3 Å². The summed E-state index contributed by atoms with van der Waals surface area (Å²) in [7, 11) is -1.79. The summed E-state index contributed by atoms with van der Waals surface area (Å²) in [5, 5.41) is 13.8. The molecule has 1 amide bonds. The molecule has 1 fully saturated rings. The molecule has 2 aromatic rings. The molecule has 0 bridgehead atoms. The second-order valence-electron chi connectivity index (χ2n) is 7.35. The van der Waals surface area contributed by atoms with Crippen molar-refractivity contribution in [3.8, 4) is 0 Å². The van der Waals surface area contributed by atoms with Gasteiger partial charge in [-0.2, -0.15) is 4.31 Å². The van der Waals surface area contributed by atoms with Gasteiger partial charge in [-0.3, -0.25) is 14.9 Å². The quantitative estimate of drug-likeness (QED) is 0.573. The highest BCUT2D eigenvalue weighted by molar-refractivity contribution is 7.89. The zero-order chi connectivity index (χ0) is 22.1.